The van der Waals surface area contributed by atoms with Crippen LogP contribution in [0.1, 0.15) is 31.7 Å². The maximum atomic E-state index is 12.3. The Morgan fingerprint density at radius 1 is 1.36 bits per heavy atom. The monoisotopic (exact) mass is 460 g/mol. The first-order valence-corrected chi connectivity index (χ1v) is 8.72. The van der Waals surface area contributed by atoms with Crippen molar-refractivity contribution in [2.75, 3.05) is 37.7 Å². The van der Waals surface area contributed by atoms with Crippen LogP contribution in [0.3, 0.4) is 0 Å². The number of aliphatic imine (C=N–C) groups is 1. The molecule has 0 spiro atoms. The first-order valence-electron chi connectivity index (χ1n) is 8.72. The number of guanidine groups is 1. The number of hydrogen-bond donors (Lipinski definition) is 2. The zero-order valence-electron chi connectivity index (χ0n) is 14.9. The van der Waals surface area contributed by atoms with Gasteiger partial charge in [-0.25, -0.2) is 0 Å². The van der Waals surface area contributed by atoms with Gasteiger partial charge in [0.05, 0.1) is 0 Å². The number of anilines is 1. The number of rotatable bonds is 9. The fourth-order valence-corrected chi connectivity index (χ4v) is 2.75. The molecule has 7 heteroatoms. The number of fused-ring (bicyclic) bond motifs is 1. The first-order chi connectivity index (χ1) is 11.7. The van der Waals surface area contributed by atoms with Crippen LogP contribution in [-0.4, -0.2) is 44.7 Å². The predicted octanol–water partition coefficient (Wildman–Crippen LogP) is 2.30. The Morgan fingerprint density at radius 3 is 2.96 bits per heavy atom. The van der Waals surface area contributed by atoms with Crippen LogP contribution in [0.4, 0.5) is 5.69 Å². The summed E-state index contributed by atoms with van der Waals surface area (Å²) >= 11 is 0. The summed E-state index contributed by atoms with van der Waals surface area (Å²) < 4.78 is 5.25. The number of nitrogens with zero attached hydrogens (tertiary/aromatic N) is 2. The summed E-state index contributed by atoms with van der Waals surface area (Å²) in [6, 6.07) is 8.10. The van der Waals surface area contributed by atoms with Crippen LogP contribution in [0.5, 0.6) is 0 Å². The number of ether oxygens (including phenoxy) is 1. The largest absolute Gasteiger partial charge is 0.382 e. The van der Waals surface area contributed by atoms with Crippen LogP contribution >= 0.6 is 24.0 Å². The Morgan fingerprint density at radius 2 is 2.16 bits per heavy atom. The second-order valence-electron chi connectivity index (χ2n) is 5.77. The molecule has 0 saturated carbocycles. The van der Waals surface area contributed by atoms with E-state index in [1.165, 1.54) is 5.56 Å². The van der Waals surface area contributed by atoms with E-state index in [2.05, 4.69) is 16.4 Å². The number of benzene rings is 1. The maximum absolute atomic E-state index is 12.3. The summed E-state index contributed by atoms with van der Waals surface area (Å²) in [4.78, 5) is 18.5. The highest BCUT2D eigenvalue weighted by atomic mass is 127. The van der Waals surface area contributed by atoms with Crippen molar-refractivity contribution in [3.8, 4) is 0 Å². The van der Waals surface area contributed by atoms with E-state index in [0.717, 1.165) is 44.8 Å². The van der Waals surface area contributed by atoms with Crippen LogP contribution < -0.4 is 16.0 Å². The van der Waals surface area contributed by atoms with E-state index >= 15 is 0 Å². The van der Waals surface area contributed by atoms with Crippen LogP contribution in [0, 0.1) is 0 Å². The highest BCUT2D eigenvalue weighted by Crippen LogP contribution is 2.27. The molecule has 1 heterocycles. The molecule has 0 unspecified atom stereocenters. The highest BCUT2D eigenvalue weighted by Gasteiger charge is 2.23. The summed E-state index contributed by atoms with van der Waals surface area (Å²) in [7, 11) is 0. The molecule has 1 aliphatic heterocycles. The lowest BCUT2D eigenvalue weighted by Gasteiger charge is -2.16. The highest BCUT2D eigenvalue weighted by molar-refractivity contribution is 14.0. The SMILES string of the molecule is CCOCCCNC(N)=NCCCC(=O)N1CCc2ccccc21.I. The molecule has 1 aromatic carbocycles. The summed E-state index contributed by atoms with van der Waals surface area (Å²) in [5.41, 5.74) is 8.10. The van der Waals surface area contributed by atoms with E-state index in [0.29, 0.717) is 25.3 Å². The molecule has 140 valence electrons. The molecule has 0 saturated heterocycles. The van der Waals surface area contributed by atoms with Crippen molar-refractivity contribution < 1.29 is 9.53 Å². The fraction of sp³-hybridized carbons (Fsp3) is 0.556. The van der Waals surface area contributed by atoms with Crippen molar-refractivity contribution in [3.63, 3.8) is 0 Å². The summed E-state index contributed by atoms with van der Waals surface area (Å²) in [5.74, 6) is 0.601. The van der Waals surface area contributed by atoms with Gasteiger partial charge < -0.3 is 20.7 Å². The van der Waals surface area contributed by atoms with E-state index in [1.807, 2.05) is 30.0 Å². The second kappa shape index (κ2) is 12.1. The Bertz CT molecular complexity index is 566. The molecule has 1 aromatic rings. The van der Waals surface area contributed by atoms with Crippen LogP contribution in [0.15, 0.2) is 29.3 Å². The van der Waals surface area contributed by atoms with E-state index in [9.17, 15) is 4.79 Å². The number of carbonyl (C=O) groups is 1. The molecule has 0 atom stereocenters. The van der Waals surface area contributed by atoms with Gasteiger partial charge in [-0.15, -0.1) is 24.0 Å². The van der Waals surface area contributed by atoms with Gasteiger partial charge in [-0.2, -0.15) is 0 Å². The molecule has 3 N–H and O–H groups in total. The van der Waals surface area contributed by atoms with Gasteiger partial charge in [-0.05, 0) is 37.8 Å². The van der Waals surface area contributed by atoms with Gasteiger partial charge >= 0.3 is 0 Å². The molecule has 0 aliphatic carbocycles. The Hall–Kier alpha value is -1.35. The van der Waals surface area contributed by atoms with Crippen molar-refractivity contribution in [1.82, 2.24) is 5.32 Å². The zero-order chi connectivity index (χ0) is 17.2. The first kappa shape index (κ1) is 21.7. The number of para-hydroxylation sites is 1. The van der Waals surface area contributed by atoms with Crippen molar-refractivity contribution in [2.24, 2.45) is 10.7 Å². The molecule has 2 rings (SSSR count). The second-order valence-corrected chi connectivity index (χ2v) is 5.77. The average Bonchev–Trinajstić information content (AvgIpc) is 3.02. The molecular weight excluding hydrogens is 431 g/mol. The third-order valence-corrected chi connectivity index (χ3v) is 3.99. The van der Waals surface area contributed by atoms with E-state index < -0.39 is 0 Å². The number of nitrogens with two attached hydrogens (primary N) is 1. The van der Waals surface area contributed by atoms with E-state index in [-0.39, 0.29) is 29.9 Å². The molecule has 0 aromatic heterocycles. The number of carbonyl (C=O) groups excluding carboxylic acids is 1. The summed E-state index contributed by atoms with van der Waals surface area (Å²) in [5, 5.41) is 3.05. The Labute approximate surface area is 167 Å². The van der Waals surface area contributed by atoms with Gasteiger partial charge in [0.15, 0.2) is 5.96 Å². The Balaban J connectivity index is 0.00000312. The number of halogens is 1. The van der Waals surface area contributed by atoms with Gasteiger partial charge in [0, 0.05) is 45.0 Å². The van der Waals surface area contributed by atoms with Crippen molar-refractivity contribution in [2.45, 2.75) is 32.6 Å². The minimum absolute atomic E-state index is 0. The molecule has 0 fully saturated rings. The van der Waals surface area contributed by atoms with Crippen molar-refractivity contribution in [3.05, 3.63) is 29.8 Å². The van der Waals surface area contributed by atoms with Gasteiger partial charge in [-0.3, -0.25) is 9.79 Å². The van der Waals surface area contributed by atoms with Crippen LogP contribution in [0.25, 0.3) is 0 Å². The zero-order valence-corrected chi connectivity index (χ0v) is 17.2. The minimum Gasteiger partial charge on any atom is -0.382 e. The van der Waals surface area contributed by atoms with E-state index in [1.54, 1.807) is 0 Å². The van der Waals surface area contributed by atoms with Crippen molar-refractivity contribution in [1.29, 1.82) is 0 Å². The molecule has 1 aliphatic rings. The lowest BCUT2D eigenvalue weighted by Crippen LogP contribution is -2.33. The maximum Gasteiger partial charge on any atom is 0.227 e. The molecule has 6 nitrogen and oxygen atoms in total. The third kappa shape index (κ3) is 7.19. The summed E-state index contributed by atoms with van der Waals surface area (Å²) in [6.45, 7) is 5.53. The minimum atomic E-state index is 0. The molecular formula is C18H29IN4O2. The smallest absolute Gasteiger partial charge is 0.227 e. The lowest BCUT2D eigenvalue weighted by atomic mass is 10.2. The standard InChI is InChI=1S/C18H28N4O2.HI/c1-2-24-14-6-12-21-18(19)20-11-5-9-17(23)22-13-10-15-7-3-4-8-16(15)22;/h3-4,7-8H,2,5-6,9-14H2,1H3,(H3,19,20,21);1H. The molecule has 0 radical (unpaired) electrons. The average molecular weight is 460 g/mol. The predicted molar refractivity (Wildman–Crippen MR) is 113 cm³/mol. The van der Waals surface area contributed by atoms with Gasteiger partial charge in [0.25, 0.3) is 0 Å². The van der Waals surface area contributed by atoms with Gasteiger partial charge in [-0.1, -0.05) is 18.2 Å². The van der Waals surface area contributed by atoms with E-state index in [4.69, 9.17) is 10.5 Å². The normalized spacial score (nSPS) is 13.3. The van der Waals surface area contributed by atoms with Crippen LogP contribution in [-0.2, 0) is 16.0 Å². The molecule has 1 amide bonds. The van der Waals surface area contributed by atoms with Gasteiger partial charge in [0.1, 0.15) is 0 Å². The Kier molecular flexibility index (Phi) is 10.5. The fourth-order valence-electron chi connectivity index (χ4n) is 2.75. The number of amides is 1. The lowest BCUT2D eigenvalue weighted by molar-refractivity contribution is -0.118. The van der Waals surface area contributed by atoms with Crippen LogP contribution in [0.2, 0.25) is 0 Å². The number of nitrogens with one attached hydrogen (secondary N) is 1. The summed E-state index contributed by atoms with van der Waals surface area (Å²) in [6.07, 6.45) is 3.05. The quantitative estimate of drug-likeness (QED) is 0.257. The van der Waals surface area contributed by atoms with Crippen molar-refractivity contribution >= 4 is 41.5 Å². The third-order valence-electron chi connectivity index (χ3n) is 3.99. The molecule has 25 heavy (non-hydrogen) atoms. The molecule has 0 bridgehead atoms. The topological polar surface area (TPSA) is 80.0 Å². The number of hydrogen-bond acceptors (Lipinski definition) is 3. The van der Waals surface area contributed by atoms with Gasteiger partial charge in [0.2, 0.25) is 5.91 Å².